The van der Waals surface area contributed by atoms with E-state index in [0.717, 1.165) is 69.3 Å². The van der Waals surface area contributed by atoms with Gasteiger partial charge in [-0.1, -0.05) is 36.1 Å². The van der Waals surface area contributed by atoms with Crippen molar-refractivity contribution in [1.82, 2.24) is 29.7 Å². The van der Waals surface area contributed by atoms with Crippen molar-refractivity contribution in [2.24, 2.45) is 0 Å². The first-order chi connectivity index (χ1) is 23.5. The molecule has 0 bridgehead atoms. The Labute approximate surface area is 323 Å². The summed E-state index contributed by atoms with van der Waals surface area (Å²) in [7, 11) is 4.04. The zero-order valence-electron chi connectivity index (χ0n) is 29.2. The van der Waals surface area contributed by atoms with E-state index in [1.54, 1.807) is 6.20 Å². The third kappa shape index (κ3) is 7.30. The Kier molecular flexibility index (Phi) is 11.2. The standard InChI is InChI=1S/C30H32ClFN7.C8H13FN.U/c1-30(12-5-14-37(30)2)13-10-24(33)39-15-11-20(17-39)38(3)29-22-16-34-27(26(32)28(22)35-18-36-29)21-6-4-7-23(31)25(21)19-8-9-19;1-8-3-2-4-10(8)6-7(9)5-8;/h4,6-7,16,19-20,33H,5,8-9,11-12,14-15,17H2,1-3H3;7H,1-6H2;/q2*-1;+2/t20-,30?;7-,8+;/m11./s1. The zero-order chi connectivity index (χ0) is 34.5. The van der Waals surface area contributed by atoms with Crippen molar-refractivity contribution >= 4 is 34.2 Å². The second-order valence-corrected chi connectivity index (χ2v) is 15.2. The minimum atomic E-state index is -0.613. The molecule has 1 aromatic carbocycles. The number of aromatic nitrogens is 3. The summed E-state index contributed by atoms with van der Waals surface area (Å²) in [6.07, 6.45) is 11.8. The molecule has 1 aliphatic carbocycles. The molecule has 4 saturated heterocycles. The third-order valence-electron chi connectivity index (χ3n) is 11.4. The molecular weight excluding hydrogens is 880 g/mol. The molecule has 1 saturated carbocycles. The van der Waals surface area contributed by atoms with E-state index in [0.29, 0.717) is 47.5 Å². The maximum absolute atomic E-state index is 15.9. The Morgan fingerprint density at radius 1 is 1.14 bits per heavy atom. The summed E-state index contributed by atoms with van der Waals surface area (Å²) in [6.45, 7) is 10.3. The van der Waals surface area contributed by atoms with E-state index >= 15 is 4.39 Å². The first-order valence-corrected chi connectivity index (χ1v) is 17.9. The molecule has 50 heavy (non-hydrogen) atoms. The Balaban J connectivity index is 0.000000336. The van der Waals surface area contributed by atoms with Gasteiger partial charge in [-0.15, -0.1) is 5.54 Å². The third-order valence-corrected chi connectivity index (χ3v) is 11.7. The van der Waals surface area contributed by atoms with Crippen LogP contribution in [0.3, 0.4) is 0 Å². The van der Waals surface area contributed by atoms with Crippen LogP contribution in [0.1, 0.15) is 69.8 Å². The summed E-state index contributed by atoms with van der Waals surface area (Å²) in [5, 5.41) is 9.77. The normalized spacial score (nSPS) is 27.7. The predicted octanol–water partition coefficient (Wildman–Crippen LogP) is 6.53. The van der Waals surface area contributed by atoms with E-state index in [9.17, 15) is 4.39 Å². The Morgan fingerprint density at radius 2 is 1.92 bits per heavy atom. The molecule has 262 valence electrons. The van der Waals surface area contributed by atoms with Gasteiger partial charge in [0.05, 0.1) is 11.2 Å². The molecule has 8 rings (SSSR count). The van der Waals surface area contributed by atoms with Gasteiger partial charge in [0, 0.05) is 60.1 Å². The van der Waals surface area contributed by atoms with Crippen molar-refractivity contribution in [1.29, 1.82) is 5.41 Å². The molecule has 6 heterocycles. The van der Waals surface area contributed by atoms with Crippen molar-refractivity contribution in [3.05, 3.63) is 54.1 Å². The molecule has 12 heteroatoms. The zero-order valence-corrected chi connectivity index (χ0v) is 34.1. The van der Waals surface area contributed by atoms with E-state index in [1.165, 1.54) is 6.42 Å². The van der Waals surface area contributed by atoms with Crippen molar-refractivity contribution in [2.75, 3.05) is 51.7 Å². The van der Waals surface area contributed by atoms with Crippen LogP contribution < -0.4 is 4.90 Å². The molecule has 5 fully saturated rings. The summed E-state index contributed by atoms with van der Waals surface area (Å²) < 4.78 is 28.7. The van der Waals surface area contributed by atoms with E-state index in [1.807, 2.05) is 35.0 Å². The van der Waals surface area contributed by atoms with Gasteiger partial charge in [0.25, 0.3) is 0 Å². The average Bonchev–Trinajstić information content (AvgIpc) is 3.35. The van der Waals surface area contributed by atoms with Crippen LogP contribution in [0.25, 0.3) is 22.2 Å². The van der Waals surface area contributed by atoms with Crippen molar-refractivity contribution < 1.29 is 39.9 Å². The summed E-state index contributed by atoms with van der Waals surface area (Å²) >= 11 is 6.51. The minimum Gasteiger partial charge on any atom is -0.407 e. The maximum Gasteiger partial charge on any atom is 2.00 e. The molecule has 1 N–H and O–H groups in total. The first-order valence-electron chi connectivity index (χ1n) is 17.5. The fourth-order valence-corrected chi connectivity index (χ4v) is 8.44. The number of hydrogen-bond donors (Lipinski definition) is 1. The fraction of sp³-hybridized carbons (Fsp3) is 0.553. The van der Waals surface area contributed by atoms with Gasteiger partial charge in [0.1, 0.15) is 12.0 Å². The number of benzene rings is 1. The van der Waals surface area contributed by atoms with Crippen LogP contribution in [0.4, 0.5) is 14.6 Å². The molecule has 8 nitrogen and oxygen atoms in total. The van der Waals surface area contributed by atoms with Crippen LogP contribution in [-0.2, 0) is 0 Å². The van der Waals surface area contributed by atoms with Crippen LogP contribution in [0.5, 0.6) is 0 Å². The monoisotopic (exact) mass is 924 g/mol. The van der Waals surface area contributed by atoms with Crippen LogP contribution in [0, 0.1) is 67.4 Å². The van der Waals surface area contributed by atoms with E-state index in [-0.39, 0.29) is 59.4 Å². The molecule has 0 amide bonds. The van der Waals surface area contributed by atoms with Gasteiger partial charge in [0.15, 0.2) is 5.84 Å². The van der Waals surface area contributed by atoms with Gasteiger partial charge in [-0.3, -0.25) is 15.3 Å². The van der Waals surface area contributed by atoms with E-state index < -0.39 is 12.0 Å². The number of amidine groups is 1. The molecule has 1 unspecified atom stereocenters. The number of nitrogens with one attached hydrogen (secondary N) is 1. The van der Waals surface area contributed by atoms with Crippen LogP contribution in [-0.4, -0.2) is 106 Å². The minimum absolute atomic E-state index is 0. The average molecular weight is 925 g/mol. The quantitative estimate of drug-likeness (QED) is 0.138. The van der Waals surface area contributed by atoms with Crippen molar-refractivity contribution in [3.63, 3.8) is 0 Å². The second-order valence-electron chi connectivity index (χ2n) is 14.8. The SMILES string of the molecule is CN(c1n[c-]nc2c(F)c(-c3cccc(Cl)c3C3CC3)ncc12)[C@@H]1CCN(C(=N)C#CC2(C)CCCN2C)C1.[CH2-][C@@]12CCCN1C[C@H](F)C2.[U+2]. The first kappa shape index (κ1) is 37.4. The van der Waals surface area contributed by atoms with Gasteiger partial charge >= 0.3 is 31.1 Å². The summed E-state index contributed by atoms with van der Waals surface area (Å²) in [5.74, 6) is 7.24. The van der Waals surface area contributed by atoms with Crippen molar-refractivity contribution in [3.8, 4) is 23.1 Å². The van der Waals surface area contributed by atoms with Crippen LogP contribution in [0.15, 0.2) is 24.4 Å². The van der Waals surface area contributed by atoms with Crippen LogP contribution in [0.2, 0.25) is 5.02 Å². The predicted molar refractivity (Wildman–Crippen MR) is 191 cm³/mol. The second kappa shape index (κ2) is 15.0. The fourth-order valence-electron chi connectivity index (χ4n) is 8.11. The maximum atomic E-state index is 15.9. The largest absolute Gasteiger partial charge is 2.00 e. The molecular formula is C38H45ClF2N8U. The number of likely N-dealkylation sites (N-methyl/N-ethyl adjacent to an activating group) is 1. The molecule has 0 radical (unpaired) electrons. The molecule has 3 aromatic rings. The molecule has 4 aliphatic heterocycles. The van der Waals surface area contributed by atoms with Gasteiger partial charge in [-0.25, -0.2) is 8.78 Å². The van der Waals surface area contributed by atoms with Crippen molar-refractivity contribution in [2.45, 2.75) is 87.5 Å². The number of rotatable bonds is 4. The summed E-state index contributed by atoms with van der Waals surface area (Å²) in [5.41, 5.74) is 1.96. The molecule has 0 spiro atoms. The van der Waals surface area contributed by atoms with Gasteiger partial charge in [-0.05, 0) is 108 Å². The Bertz CT molecular complexity index is 1810. The van der Waals surface area contributed by atoms with Gasteiger partial charge in [0.2, 0.25) is 0 Å². The number of likely N-dealkylation sites (tertiary alicyclic amines) is 2. The Morgan fingerprint density at radius 3 is 2.64 bits per heavy atom. The van der Waals surface area contributed by atoms with Gasteiger partial charge in [-0.2, -0.15) is 0 Å². The van der Waals surface area contributed by atoms with Gasteiger partial charge < -0.3 is 31.6 Å². The van der Waals surface area contributed by atoms with E-state index in [2.05, 4.69) is 63.8 Å². The number of pyridine rings is 1. The molecule has 5 aliphatic rings. The smallest absolute Gasteiger partial charge is 0.407 e. The van der Waals surface area contributed by atoms with Crippen LogP contribution >= 0.6 is 11.6 Å². The summed E-state index contributed by atoms with van der Waals surface area (Å²) in [4.78, 5) is 21.6. The molecule has 2 aromatic heterocycles. The Hall–Kier alpha value is -2.34. The number of anilines is 1. The van der Waals surface area contributed by atoms with E-state index in [4.69, 9.17) is 17.0 Å². The topological polar surface area (TPSA) is 75.5 Å². The number of alkyl halides is 1. The number of hydrogen-bond acceptors (Lipinski definition) is 7. The number of fused-ring (bicyclic) bond motifs is 2. The number of halogens is 3. The molecule has 4 atom stereocenters. The summed E-state index contributed by atoms with van der Waals surface area (Å²) in [6, 6.07) is 5.65. The number of nitrogens with zero attached hydrogens (tertiary/aromatic N) is 7.